The van der Waals surface area contributed by atoms with Crippen LogP contribution in [0.25, 0.3) is 10.8 Å². The predicted molar refractivity (Wildman–Crippen MR) is 84.1 cm³/mol. The lowest BCUT2D eigenvalue weighted by atomic mass is 10.1. The van der Waals surface area contributed by atoms with Gasteiger partial charge >= 0.3 is 0 Å². The van der Waals surface area contributed by atoms with Gasteiger partial charge in [-0.2, -0.15) is 5.10 Å². The molecule has 0 spiro atoms. The summed E-state index contributed by atoms with van der Waals surface area (Å²) < 4.78 is 1.50. The summed E-state index contributed by atoms with van der Waals surface area (Å²) in [6.07, 6.45) is 0. The molecule has 4 heteroatoms. The first-order chi connectivity index (χ1) is 10.2. The van der Waals surface area contributed by atoms with E-state index < -0.39 is 0 Å². The smallest absolute Gasteiger partial charge is 0.274 e. The van der Waals surface area contributed by atoms with Gasteiger partial charge in [-0.3, -0.25) is 4.79 Å². The fraction of sp³-hybridized carbons (Fsp3) is 0.176. The minimum atomic E-state index is -0.225. The average molecular weight is 279 g/mol. The Balaban J connectivity index is 2.19. The highest BCUT2D eigenvalue weighted by atomic mass is 16.1. The third-order valence-corrected chi connectivity index (χ3v) is 3.50. The molecular formula is C17H17N3O. The van der Waals surface area contributed by atoms with Crippen molar-refractivity contribution >= 4 is 10.8 Å². The summed E-state index contributed by atoms with van der Waals surface area (Å²) in [6.45, 7) is 2.33. The van der Waals surface area contributed by atoms with Crippen LogP contribution in [-0.2, 0) is 6.54 Å². The Hall–Kier alpha value is -2.46. The van der Waals surface area contributed by atoms with E-state index in [1.807, 2.05) is 61.5 Å². The number of aromatic nitrogens is 2. The van der Waals surface area contributed by atoms with Gasteiger partial charge in [0.15, 0.2) is 0 Å². The van der Waals surface area contributed by atoms with Crippen LogP contribution in [0.15, 0.2) is 59.4 Å². The Kier molecular flexibility index (Phi) is 3.54. The van der Waals surface area contributed by atoms with Crippen molar-refractivity contribution in [2.75, 3.05) is 0 Å². The number of nitrogens with two attached hydrogens (primary N) is 1. The van der Waals surface area contributed by atoms with E-state index in [0.717, 1.165) is 16.6 Å². The van der Waals surface area contributed by atoms with Crippen LogP contribution in [0, 0.1) is 0 Å². The molecule has 1 aromatic heterocycles. The summed E-state index contributed by atoms with van der Waals surface area (Å²) >= 11 is 0. The maximum atomic E-state index is 12.6. The van der Waals surface area contributed by atoms with Crippen molar-refractivity contribution in [2.45, 2.75) is 19.5 Å². The summed E-state index contributed by atoms with van der Waals surface area (Å²) in [6, 6.07) is 17.1. The van der Waals surface area contributed by atoms with E-state index in [1.165, 1.54) is 4.68 Å². The summed E-state index contributed by atoms with van der Waals surface area (Å²) in [4.78, 5) is 12.6. The summed E-state index contributed by atoms with van der Waals surface area (Å²) in [5.41, 5.74) is 7.72. The van der Waals surface area contributed by atoms with Crippen molar-refractivity contribution < 1.29 is 0 Å². The Bertz CT molecular complexity index is 822. The maximum Gasteiger partial charge on any atom is 0.274 e. The van der Waals surface area contributed by atoms with Crippen LogP contribution in [0.5, 0.6) is 0 Å². The lowest BCUT2D eigenvalue weighted by Crippen LogP contribution is -2.27. The van der Waals surface area contributed by atoms with Crippen molar-refractivity contribution in [1.82, 2.24) is 9.78 Å². The number of rotatable bonds is 3. The molecule has 0 aliphatic carbocycles. The predicted octanol–water partition coefficient (Wildman–Crippen LogP) is 2.46. The molecule has 0 aliphatic rings. The zero-order valence-corrected chi connectivity index (χ0v) is 11.9. The summed E-state index contributed by atoms with van der Waals surface area (Å²) in [5.74, 6) is 0. The van der Waals surface area contributed by atoms with Crippen molar-refractivity contribution in [3.8, 4) is 0 Å². The molecule has 3 aromatic rings. The van der Waals surface area contributed by atoms with Crippen molar-refractivity contribution in [1.29, 1.82) is 0 Å². The van der Waals surface area contributed by atoms with E-state index in [-0.39, 0.29) is 11.6 Å². The standard InChI is InChI=1S/C17H17N3O/c1-12(18)16-14-9-5-6-10-15(14)17(21)20(19-16)11-13-7-3-2-4-8-13/h2-10,12H,11,18H2,1H3. The Morgan fingerprint density at radius 3 is 2.33 bits per heavy atom. The molecule has 0 fully saturated rings. The third kappa shape index (κ3) is 2.58. The molecule has 0 saturated heterocycles. The van der Waals surface area contributed by atoms with Crippen LogP contribution in [-0.4, -0.2) is 9.78 Å². The molecule has 0 saturated carbocycles. The molecular weight excluding hydrogens is 262 g/mol. The van der Waals surface area contributed by atoms with E-state index in [4.69, 9.17) is 5.73 Å². The molecule has 4 nitrogen and oxygen atoms in total. The molecule has 1 unspecified atom stereocenters. The number of hydrogen-bond donors (Lipinski definition) is 1. The monoisotopic (exact) mass is 279 g/mol. The minimum absolute atomic E-state index is 0.0844. The van der Waals surface area contributed by atoms with E-state index in [1.54, 1.807) is 0 Å². The second-order valence-corrected chi connectivity index (χ2v) is 5.17. The quantitative estimate of drug-likeness (QED) is 0.801. The van der Waals surface area contributed by atoms with Crippen LogP contribution >= 0.6 is 0 Å². The Morgan fingerprint density at radius 1 is 1.05 bits per heavy atom. The molecule has 1 atom stereocenters. The van der Waals surface area contributed by atoms with Crippen LogP contribution in [0.2, 0.25) is 0 Å². The van der Waals surface area contributed by atoms with Gasteiger partial charge in [-0.1, -0.05) is 48.5 Å². The molecule has 0 aliphatic heterocycles. The molecule has 0 amide bonds. The number of nitrogens with zero attached hydrogens (tertiary/aromatic N) is 2. The molecule has 106 valence electrons. The fourth-order valence-corrected chi connectivity index (χ4v) is 2.46. The summed E-state index contributed by atoms with van der Waals surface area (Å²) in [5, 5.41) is 5.97. The first kappa shape index (κ1) is 13.5. The molecule has 3 rings (SSSR count). The van der Waals surface area contributed by atoms with Gasteiger partial charge in [0.05, 0.1) is 17.6 Å². The highest BCUT2D eigenvalue weighted by molar-refractivity contribution is 5.83. The second kappa shape index (κ2) is 5.50. The van der Waals surface area contributed by atoms with Gasteiger partial charge in [0.25, 0.3) is 5.56 Å². The SMILES string of the molecule is CC(N)c1nn(Cc2ccccc2)c(=O)c2ccccc12. The third-order valence-electron chi connectivity index (χ3n) is 3.50. The second-order valence-electron chi connectivity index (χ2n) is 5.17. The van der Waals surface area contributed by atoms with Crippen LogP contribution in [0.3, 0.4) is 0 Å². The number of hydrogen-bond acceptors (Lipinski definition) is 3. The lowest BCUT2D eigenvalue weighted by Gasteiger charge is -2.13. The van der Waals surface area contributed by atoms with E-state index >= 15 is 0 Å². The van der Waals surface area contributed by atoms with Crippen LogP contribution < -0.4 is 11.3 Å². The first-order valence-corrected chi connectivity index (χ1v) is 6.96. The highest BCUT2D eigenvalue weighted by Gasteiger charge is 2.13. The molecule has 2 aromatic carbocycles. The van der Waals surface area contributed by atoms with E-state index in [0.29, 0.717) is 11.9 Å². The van der Waals surface area contributed by atoms with Crippen molar-refractivity contribution in [2.24, 2.45) is 5.73 Å². The minimum Gasteiger partial charge on any atom is -0.323 e. The molecule has 0 radical (unpaired) electrons. The fourth-order valence-electron chi connectivity index (χ4n) is 2.46. The zero-order valence-electron chi connectivity index (χ0n) is 11.9. The Labute approximate surface area is 122 Å². The number of benzene rings is 2. The van der Waals surface area contributed by atoms with Crippen molar-refractivity contribution in [3.05, 3.63) is 76.2 Å². The highest BCUT2D eigenvalue weighted by Crippen LogP contribution is 2.18. The number of fused-ring (bicyclic) bond motifs is 1. The Morgan fingerprint density at radius 2 is 1.67 bits per heavy atom. The molecule has 1 heterocycles. The van der Waals surface area contributed by atoms with Gasteiger partial charge in [0.1, 0.15) is 0 Å². The van der Waals surface area contributed by atoms with Gasteiger partial charge in [0.2, 0.25) is 0 Å². The van der Waals surface area contributed by atoms with E-state index in [9.17, 15) is 4.79 Å². The van der Waals surface area contributed by atoms with Crippen LogP contribution in [0.1, 0.15) is 24.2 Å². The van der Waals surface area contributed by atoms with E-state index in [2.05, 4.69) is 5.10 Å². The van der Waals surface area contributed by atoms with Gasteiger partial charge in [0, 0.05) is 11.4 Å². The topological polar surface area (TPSA) is 60.9 Å². The first-order valence-electron chi connectivity index (χ1n) is 6.96. The molecule has 21 heavy (non-hydrogen) atoms. The van der Waals surface area contributed by atoms with Crippen molar-refractivity contribution in [3.63, 3.8) is 0 Å². The van der Waals surface area contributed by atoms with Crippen LogP contribution in [0.4, 0.5) is 0 Å². The zero-order chi connectivity index (χ0) is 14.8. The van der Waals surface area contributed by atoms with Gasteiger partial charge < -0.3 is 5.73 Å². The normalized spacial score (nSPS) is 12.5. The maximum absolute atomic E-state index is 12.6. The summed E-state index contributed by atoms with van der Waals surface area (Å²) in [7, 11) is 0. The van der Waals surface area contributed by atoms with Gasteiger partial charge in [-0.05, 0) is 18.6 Å². The lowest BCUT2D eigenvalue weighted by molar-refractivity contribution is 0.609. The average Bonchev–Trinajstić information content (AvgIpc) is 2.51. The molecule has 2 N–H and O–H groups in total. The largest absolute Gasteiger partial charge is 0.323 e. The van der Waals surface area contributed by atoms with Gasteiger partial charge in [-0.15, -0.1) is 0 Å². The van der Waals surface area contributed by atoms with Gasteiger partial charge in [-0.25, -0.2) is 4.68 Å². The molecule has 0 bridgehead atoms.